The van der Waals surface area contributed by atoms with Crippen LogP contribution in [-0.2, 0) is 4.79 Å². The molecule has 0 aliphatic heterocycles. The lowest BCUT2D eigenvalue weighted by atomic mass is 10.2. The average Bonchev–Trinajstić information content (AvgIpc) is 2.97. The molecule has 4 N–H and O–H groups in total. The Kier molecular flexibility index (Phi) is 4.81. The van der Waals surface area contributed by atoms with Crippen molar-refractivity contribution in [3.05, 3.63) is 29.8 Å². The Morgan fingerprint density at radius 2 is 2.10 bits per heavy atom. The van der Waals surface area contributed by atoms with E-state index in [1.54, 1.807) is 24.3 Å². The average molecular weight is 277 g/mol. The predicted molar refractivity (Wildman–Crippen MR) is 74.8 cm³/mol. The van der Waals surface area contributed by atoms with E-state index >= 15 is 0 Å². The highest BCUT2D eigenvalue weighted by molar-refractivity contribution is 5.99. The first kappa shape index (κ1) is 14.2. The molecule has 0 unspecified atom stereocenters. The van der Waals surface area contributed by atoms with Gasteiger partial charge in [0.05, 0.1) is 5.56 Å². The number of nitrogens with one attached hydrogen (secondary N) is 1. The van der Waals surface area contributed by atoms with Crippen LogP contribution in [0.3, 0.4) is 0 Å². The number of rotatable bonds is 5. The van der Waals surface area contributed by atoms with Crippen LogP contribution in [-0.4, -0.2) is 29.6 Å². The number of benzene rings is 1. The Morgan fingerprint density at radius 3 is 2.80 bits per heavy atom. The van der Waals surface area contributed by atoms with Crippen molar-refractivity contribution in [3.63, 3.8) is 0 Å². The van der Waals surface area contributed by atoms with Crippen molar-refractivity contribution < 1.29 is 14.7 Å². The number of carbonyl (C=O) groups is 1. The molecular formula is C14H19N3O3. The van der Waals surface area contributed by atoms with E-state index in [4.69, 9.17) is 15.7 Å². The van der Waals surface area contributed by atoms with Gasteiger partial charge in [0.2, 0.25) is 0 Å². The maximum Gasteiger partial charge on any atom is 0.258 e. The number of hydrogen-bond acceptors (Lipinski definition) is 4. The van der Waals surface area contributed by atoms with Crippen LogP contribution in [0.4, 0.5) is 0 Å². The molecule has 1 saturated carbocycles. The zero-order valence-electron chi connectivity index (χ0n) is 11.2. The van der Waals surface area contributed by atoms with Crippen molar-refractivity contribution in [2.45, 2.75) is 31.7 Å². The second-order valence-electron chi connectivity index (χ2n) is 4.82. The molecule has 0 radical (unpaired) electrons. The van der Waals surface area contributed by atoms with E-state index in [-0.39, 0.29) is 24.4 Å². The normalized spacial score (nSPS) is 16.1. The highest BCUT2D eigenvalue weighted by atomic mass is 16.5. The largest absolute Gasteiger partial charge is 0.483 e. The number of carbonyl (C=O) groups excluding carboxylic acids is 1. The Morgan fingerprint density at radius 1 is 1.40 bits per heavy atom. The van der Waals surface area contributed by atoms with E-state index in [1.165, 1.54) is 0 Å². The third-order valence-electron chi connectivity index (χ3n) is 3.35. The zero-order valence-corrected chi connectivity index (χ0v) is 11.2. The molecule has 0 saturated heterocycles. The molecule has 1 aromatic rings. The molecule has 20 heavy (non-hydrogen) atoms. The van der Waals surface area contributed by atoms with Crippen LogP contribution in [0.5, 0.6) is 5.75 Å². The van der Waals surface area contributed by atoms with Gasteiger partial charge in [0.25, 0.3) is 5.91 Å². The number of nitrogens with two attached hydrogens (primary N) is 1. The van der Waals surface area contributed by atoms with Gasteiger partial charge in [-0.05, 0) is 25.0 Å². The summed E-state index contributed by atoms with van der Waals surface area (Å²) in [6, 6.07) is 7.12. The van der Waals surface area contributed by atoms with E-state index in [0.717, 1.165) is 25.7 Å². The van der Waals surface area contributed by atoms with Gasteiger partial charge in [-0.15, -0.1) is 0 Å². The minimum Gasteiger partial charge on any atom is -0.483 e. The zero-order chi connectivity index (χ0) is 14.4. The summed E-state index contributed by atoms with van der Waals surface area (Å²) in [6.45, 7) is -0.0772. The fourth-order valence-corrected chi connectivity index (χ4v) is 2.34. The fraction of sp³-hybridized carbons (Fsp3) is 0.429. The highest BCUT2D eigenvalue weighted by Crippen LogP contribution is 2.19. The van der Waals surface area contributed by atoms with Gasteiger partial charge in [-0.3, -0.25) is 4.79 Å². The Balaban J connectivity index is 1.91. The summed E-state index contributed by atoms with van der Waals surface area (Å²) < 4.78 is 5.45. The van der Waals surface area contributed by atoms with Gasteiger partial charge in [0, 0.05) is 6.04 Å². The van der Waals surface area contributed by atoms with E-state index in [2.05, 4.69) is 10.5 Å². The first-order valence-electron chi connectivity index (χ1n) is 6.70. The Hall–Kier alpha value is -2.24. The van der Waals surface area contributed by atoms with Crippen molar-refractivity contribution in [1.29, 1.82) is 0 Å². The van der Waals surface area contributed by atoms with Crippen LogP contribution >= 0.6 is 0 Å². The summed E-state index contributed by atoms with van der Waals surface area (Å²) >= 11 is 0. The fourth-order valence-electron chi connectivity index (χ4n) is 2.34. The third-order valence-corrected chi connectivity index (χ3v) is 3.35. The maximum atomic E-state index is 11.8. The van der Waals surface area contributed by atoms with Crippen LogP contribution < -0.4 is 15.8 Å². The van der Waals surface area contributed by atoms with Gasteiger partial charge in [0.15, 0.2) is 12.4 Å². The molecule has 6 nitrogen and oxygen atoms in total. The van der Waals surface area contributed by atoms with Crippen LogP contribution in [0.1, 0.15) is 31.2 Å². The van der Waals surface area contributed by atoms with Gasteiger partial charge in [-0.1, -0.05) is 30.1 Å². The van der Waals surface area contributed by atoms with Crippen molar-refractivity contribution in [1.82, 2.24) is 5.32 Å². The van der Waals surface area contributed by atoms with Gasteiger partial charge in [-0.25, -0.2) is 0 Å². The van der Waals surface area contributed by atoms with Crippen molar-refractivity contribution in [2.75, 3.05) is 6.61 Å². The number of para-hydroxylation sites is 1. The van der Waals surface area contributed by atoms with Gasteiger partial charge >= 0.3 is 0 Å². The molecule has 1 aliphatic rings. The lowest BCUT2D eigenvalue weighted by Crippen LogP contribution is -2.36. The van der Waals surface area contributed by atoms with Crippen LogP contribution in [0.25, 0.3) is 0 Å². The van der Waals surface area contributed by atoms with Crippen molar-refractivity contribution in [3.8, 4) is 5.75 Å². The van der Waals surface area contributed by atoms with Crippen LogP contribution in [0.2, 0.25) is 0 Å². The molecule has 1 aromatic carbocycles. The Labute approximate surface area is 117 Å². The quantitative estimate of drug-likeness (QED) is 0.326. The smallest absolute Gasteiger partial charge is 0.258 e. The van der Waals surface area contributed by atoms with Crippen LogP contribution in [0, 0.1) is 0 Å². The monoisotopic (exact) mass is 277 g/mol. The number of hydrogen-bond donors (Lipinski definition) is 3. The highest BCUT2D eigenvalue weighted by Gasteiger charge is 2.17. The maximum absolute atomic E-state index is 11.8. The minimum atomic E-state index is -0.147. The lowest BCUT2D eigenvalue weighted by molar-refractivity contribution is -0.123. The summed E-state index contributed by atoms with van der Waals surface area (Å²) in [6.07, 6.45) is 4.40. The molecule has 0 bridgehead atoms. The van der Waals surface area contributed by atoms with Crippen LogP contribution in [0.15, 0.2) is 29.4 Å². The van der Waals surface area contributed by atoms with E-state index in [9.17, 15) is 4.79 Å². The number of amidine groups is 1. The van der Waals surface area contributed by atoms with Gasteiger partial charge in [-0.2, -0.15) is 0 Å². The summed E-state index contributed by atoms with van der Waals surface area (Å²) in [5, 5.41) is 14.6. The lowest BCUT2D eigenvalue weighted by Gasteiger charge is -2.13. The SMILES string of the molecule is N/C(=N\O)c1ccccc1OCC(=O)NC1CCCC1. The summed E-state index contributed by atoms with van der Waals surface area (Å²) in [7, 11) is 0. The molecule has 1 aliphatic carbocycles. The number of nitrogens with zero attached hydrogens (tertiary/aromatic N) is 1. The summed E-state index contributed by atoms with van der Waals surface area (Å²) in [5.74, 6) is 0.229. The molecule has 0 spiro atoms. The van der Waals surface area contributed by atoms with Gasteiger partial charge < -0.3 is 21.0 Å². The molecule has 0 atom stereocenters. The van der Waals surface area contributed by atoms with E-state index in [1.807, 2.05) is 0 Å². The molecule has 0 aromatic heterocycles. The first-order chi connectivity index (χ1) is 9.70. The van der Waals surface area contributed by atoms with Crippen molar-refractivity contribution in [2.24, 2.45) is 10.9 Å². The number of ether oxygens (including phenoxy) is 1. The molecule has 108 valence electrons. The molecule has 0 heterocycles. The van der Waals surface area contributed by atoms with E-state index in [0.29, 0.717) is 11.3 Å². The minimum absolute atomic E-state index is 0.0446. The second-order valence-corrected chi connectivity index (χ2v) is 4.82. The first-order valence-corrected chi connectivity index (χ1v) is 6.70. The van der Waals surface area contributed by atoms with E-state index < -0.39 is 0 Å². The topological polar surface area (TPSA) is 96.9 Å². The standard InChI is InChI=1S/C14H19N3O3/c15-14(17-19)11-7-3-4-8-12(11)20-9-13(18)16-10-5-1-2-6-10/h3-4,7-8,10,19H,1-2,5-6,9H2,(H2,15,17)(H,16,18). The summed E-state index contributed by atoms with van der Waals surface area (Å²) in [4.78, 5) is 11.8. The molecular weight excluding hydrogens is 258 g/mol. The second kappa shape index (κ2) is 6.79. The summed E-state index contributed by atoms with van der Waals surface area (Å²) in [5.41, 5.74) is 6.01. The third kappa shape index (κ3) is 3.63. The predicted octanol–water partition coefficient (Wildman–Crippen LogP) is 1.22. The number of amides is 1. The van der Waals surface area contributed by atoms with Gasteiger partial charge in [0.1, 0.15) is 5.75 Å². The molecule has 1 amide bonds. The Bertz CT molecular complexity index is 496. The van der Waals surface area contributed by atoms with Crippen molar-refractivity contribution >= 4 is 11.7 Å². The molecule has 2 rings (SSSR count). The molecule has 6 heteroatoms. The number of oxime groups is 1. The molecule has 1 fully saturated rings.